The predicted octanol–water partition coefficient (Wildman–Crippen LogP) is 5.50. The third kappa shape index (κ3) is 4.42. The topological polar surface area (TPSA) is 58.2 Å². The molecule has 0 aliphatic rings. The zero-order valence-corrected chi connectivity index (χ0v) is 15.0. The number of hydrogen-bond donors (Lipinski definition) is 2. The van der Waals surface area contributed by atoms with Crippen LogP contribution in [0.15, 0.2) is 72.8 Å². The van der Waals surface area contributed by atoms with Gasteiger partial charge in [0.1, 0.15) is 0 Å². The van der Waals surface area contributed by atoms with E-state index < -0.39 is 0 Å². The normalized spacial score (nSPS) is 10.2. The van der Waals surface area contributed by atoms with E-state index in [1.54, 1.807) is 66.7 Å². The van der Waals surface area contributed by atoms with Crippen molar-refractivity contribution in [1.29, 1.82) is 0 Å². The molecule has 0 saturated heterocycles. The minimum atomic E-state index is -0.310. The van der Waals surface area contributed by atoms with Gasteiger partial charge in [0, 0.05) is 21.8 Å². The summed E-state index contributed by atoms with van der Waals surface area (Å²) < 4.78 is 0. The van der Waals surface area contributed by atoms with Gasteiger partial charge in [0.05, 0.1) is 10.7 Å². The molecule has 0 spiro atoms. The molecule has 0 heterocycles. The van der Waals surface area contributed by atoms with Crippen LogP contribution >= 0.6 is 23.2 Å². The van der Waals surface area contributed by atoms with Crippen molar-refractivity contribution in [3.05, 3.63) is 94.0 Å². The SMILES string of the molecule is O=C(Nc1ccc(C(=O)Nc2ccc(Cl)cc2Cl)cc1)c1ccccc1. The molecule has 0 saturated carbocycles. The number of benzene rings is 3. The number of amides is 2. The number of nitrogens with one attached hydrogen (secondary N) is 2. The summed E-state index contributed by atoms with van der Waals surface area (Å²) in [5.41, 5.74) is 2.07. The molecule has 2 amide bonds. The zero-order chi connectivity index (χ0) is 18.5. The Morgan fingerprint density at radius 2 is 1.31 bits per heavy atom. The molecular weight excluding hydrogens is 371 g/mol. The number of carbonyl (C=O) groups is 2. The van der Waals surface area contributed by atoms with Gasteiger partial charge in [-0.05, 0) is 54.6 Å². The van der Waals surface area contributed by atoms with E-state index in [2.05, 4.69) is 10.6 Å². The third-order valence-corrected chi connectivity index (χ3v) is 4.17. The van der Waals surface area contributed by atoms with E-state index >= 15 is 0 Å². The summed E-state index contributed by atoms with van der Waals surface area (Å²) in [6.45, 7) is 0. The van der Waals surface area contributed by atoms with Crippen LogP contribution < -0.4 is 10.6 Å². The second kappa shape index (κ2) is 8.04. The fourth-order valence-corrected chi connectivity index (χ4v) is 2.74. The fourth-order valence-electron chi connectivity index (χ4n) is 2.28. The van der Waals surface area contributed by atoms with Crippen LogP contribution in [0.4, 0.5) is 11.4 Å². The number of hydrogen-bond acceptors (Lipinski definition) is 2. The van der Waals surface area contributed by atoms with Crippen molar-refractivity contribution in [3.8, 4) is 0 Å². The van der Waals surface area contributed by atoms with Crippen LogP contribution in [0, 0.1) is 0 Å². The smallest absolute Gasteiger partial charge is 0.255 e. The number of rotatable bonds is 4. The van der Waals surface area contributed by atoms with Crippen LogP contribution in [0.3, 0.4) is 0 Å². The van der Waals surface area contributed by atoms with Crippen LogP contribution in [0.1, 0.15) is 20.7 Å². The molecule has 0 radical (unpaired) electrons. The zero-order valence-electron chi connectivity index (χ0n) is 13.5. The number of halogens is 2. The molecular formula is C20H14Cl2N2O2. The summed E-state index contributed by atoms with van der Waals surface area (Å²) in [7, 11) is 0. The molecule has 3 aromatic carbocycles. The first-order valence-corrected chi connectivity index (χ1v) is 8.51. The lowest BCUT2D eigenvalue weighted by atomic mass is 10.1. The van der Waals surface area contributed by atoms with Crippen molar-refractivity contribution in [2.75, 3.05) is 10.6 Å². The summed E-state index contributed by atoms with van der Waals surface area (Å²) >= 11 is 11.9. The lowest BCUT2D eigenvalue weighted by molar-refractivity contribution is 0.102. The van der Waals surface area contributed by atoms with E-state index in [1.165, 1.54) is 0 Å². The Kier molecular flexibility index (Phi) is 5.56. The van der Waals surface area contributed by atoms with Crippen LogP contribution in [-0.2, 0) is 0 Å². The molecule has 0 bridgehead atoms. The van der Waals surface area contributed by atoms with Gasteiger partial charge < -0.3 is 10.6 Å². The highest BCUT2D eigenvalue weighted by Gasteiger charge is 2.10. The van der Waals surface area contributed by atoms with Gasteiger partial charge in [-0.25, -0.2) is 0 Å². The largest absolute Gasteiger partial charge is 0.322 e. The van der Waals surface area contributed by atoms with Crippen molar-refractivity contribution < 1.29 is 9.59 Å². The second-order valence-electron chi connectivity index (χ2n) is 5.48. The van der Waals surface area contributed by atoms with E-state index in [1.807, 2.05) is 6.07 Å². The molecule has 6 heteroatoms. The van der Waals surface area contributed by atoms with Crippen molar-refractivity contribution in [3.63, 3.8) is 0 Å². The minimum Gasteiger partial charge on any atom is -0.322 e. The van der Waals surface area contributed by atoms with Gasteiger partial charge >= 0.3 is 0 Å². The van der Waals surface area contributed by atoms with Gasteiger partial charge in [0.25, 0.3) is 11.8 Å². The molecule has 0 fully saturated rings. The Labute approximate surface area is 160 Å². The van der Waals surface area contributed by atoms with E-state index in [0.717, 1.165) is 0 Å². The van der Waals surface area contributed by atoms with Crippen molar-refractivity contribution in [2.45, 2.75) is 0 Å². The Hall–Kier alpha value is -2.82. The van der Waals surface area contributed by atoms with Gasteiger partial charge in [-0.2, -0.15) is 0 Å². The number of anilines is 2. The first-order valence-electron chi connectivity index (χ1n) is 7.76. The molecule has 3 aromatic rings. The lowest BCUT2D eigenvalue weighted by Crippen LogP contribution is -2.13. The summed E-state index contributed by atoms with van der Waals surface area (Å²) in [6.07, 6.45) is 0. The Bertz CT molecular complexity index is 942. The van der Waals surface area contributed by atoms with Crippen LogP contribution in [-0.4, -0.2) is 11.8 Å². The molecule has 4 nitrogen and oxygen atoms in total. The van der Waals surface area contributed by atoms with Crippen LogP contribution in [0.5, 0.6) is 0 Å². The van der Waals surface area contributed by atoms with Crippen molar-refractivity contribution in [2.24, 2.45) is 0 Å². The molecule has 2 N–H and O–H groups in total. The maximum Gasteiger partial charge on any atom is 0.255 e. The van der Waals surface area contributed by atoms with Crippen molar-refractivity contribution >= 4 is 46.4 Å². The highest BCUT2D eigenvalue weighted by Crippen LogP contribution is 2.26. The molecule has 130 valence electrons. The summed E-state index contributed by atoms with van der Waals surface area (Å²) in [4.78, 5) is 24.4. The maximum absolute atomic E-state index is 12.3. The summed E-state index contributed by atoms with van der Waals surface area (Å²) in [6, 6.07) is 20.3. The molecule has 0 unspecified atom stereocenters. The molecule has 26 heavy (non-hydrogen) atoms. The van der Waals surface area contributed by atoms with E-state index in [-0.39, 0.29) is 11.8 Å². The third-order valence-electron chi connectivity index (χ3n) is 3.62. The quantitative estimate of drug-likeness (QED) is 0.623. The molecule has 0 atom stereocenters. The van der Waals surface area contributed by atoms with Gasteiger partial charge in [0.15, 0.2) is 0 Å². The Balaban J connectivity index is 1.67. The highest BCUT2D eigenvalue weighted by molar-refractivity contribution is 6.36. The monoisotopic (exact) mass is 384 g/mol. The minimum absolute atomic E-state index is 0.212. The molecule has 0 aliphatic carbocycles. The number of carbonyl (C=O) groups excluding carboxylic acids is 2. The average molecular weight is 385 g/mol. The van der Waals surface area contributed by atoms with E-state index in [9.17, 15) is 9.59 Å². The molecule has 0 aromatic heterocycles. The van der Waals surface area contributed by atoms with Crippen molar-refractivity contribution in [1.82, 2.24) is 0 Å². The fraction of sp³-hybridized carbons (Fsp3) is 0. The first kappa shape index (κ1) is 18.0. The van der Waals surface area contributed by atoms with Crippen LogP contribution in [0.2, 0.25) is 10.0 Å². The van der Waals surface area contributed by atoms with Gasteiger partial charge in [-0.3, -0.25) is 9.59 Å². The van der Waals surface area contributed by atoms with E-state index in [0.29, 0.717) is 32.5 Å². The summed E-state index contributed by atoms with van der Waals surface area (Å²) in [5.74, 6) is -0.522. The van der Waals surface area contributed by atoms with Gasteiger partial charge in [-0.15, -0.1) is 0 Å². The average Bonchev–Trinajstić information content (AvgIpc) is 2.65. The predicted molar refractivity (Wildman–Crippen MR) is 105 cm³/mol. The van der Waals surface area contributed by atoms with Gasteiger partial charge in [-0.1, -0.05) is 41.4 Å². The lowest BCUT2D eigenvalue weighted by Gasteiger charge is -2.09. The second-order valence-corrected chi connectivity index (χ2v) is 6.32. The highest BCUT2D eigenvalue weighted by atomic mass is 35.5. The van der Waals surface area contributed by atoms with Gasteiger partial charge in [0.2, 0.25) is 0 Å². The Morgan fingerprint density at radius 1 is 0.692 bits per heavy atom. The van der Waals surface area contributed by atoms with E-state index in [4.69, 9.17) is 23.2 Å². The van der Waals surface area contributed by atoms with Crippen LogP contribution in [0.25, 0.3) is 0 Å². The standard InChI is InChI=1S/C20H14Cl2N2O2/c21-15-8-11-18(17(22)12-15)24-20(26)14-6-9-16(10-7-14)23-19(25)13-4-2-1-3-5-13/h1-12H,(H,23,25)(H,24,26). The Morgan fingerprint density at radius 3 is 1.96 bits per heavy atom. The molecule has 0 aliphatic heterocycles. The summed E-state index contributed by atoms with van der Waals surface area (Å²) in [5, 5.41) is 6.36. The first-order chi connectivity index (χ1) is 12.5. The maximum atomic E-state index is 12.3. The molecule has 3 rings (SSSR count).